The van der Waals surface area contributed by atoms with Gasteiger partial charge < -0.3 is 5.32 Å². The Morgan fingerprint density at radius 3 is 2.41 bits per heavy atom. The molecule has 0 radical (unpaired) electrons. The monoisotopic (exact) mass is 475 g/mol. The first kappa shape index (κ1) is 20.1. The number of nitrogens with one attached hydrogen (secondary N) is 1. The predicted octanol–water partition coefficient (Wildman–Crippen LogP) is 4.34. The summed E-state index contributed by atoms with van der Waals surface area (Å²) in [5.41, 5.74) is 1.66. The SMILES string of the molecule is O=C(NCc1ccc(S(=O)(=O)N2CCCCC2)cc1)n1cc(Br)c2ccccc21. The highest BCUT2D eigenvalue weighted by Crippen LogP contribution is 2.26. The molecule has 1 aliphatic heterocycles. The molecule has 1 saturated heterocycles. The first-order valence-electron chi connectivity index (χ1n) is 9.60. The van der Waals surface area contributed by atoms with E-state index >= 15 is 0 Å². The molecule has 29 heavy (non-hydrogen) atoms. The number of hydrogen-bond donors (Lipinski definition) is 1. The molecule has 1 aromatic heterocycles. The number of amides is 1. The van der Waals surface area contributed by atoms with Crippen molar-refractivity contribution in [3.63, 3.8) is 0 Å². The lowest BCUT2D eigenvalue weighted by Crippen LogP contribution is -2.35. The number of hydrogen-bond acceptors (Lipinski definition) is 3. The standard InChI is InChI=1S/C21H22BrN3O3S/c22-19-15-25(20-7-3-2-6-18(19)20)21(26)23-14-16-8-10-17(11-9-16)29(27,28)24-12-4-1-5-13-24/h2-3,6-11,15H,1,4-5,12-14H2,(H,23,26). The lowest BCUT2D eigenvalue weighted by molar-refractivity contribution is 0.243. The van der Waals surface area contributed by atoms with Gasteiger partial charge in [0.15, 0.2) is 0 Å². The first-order valence-corrected chi connectivity index (χ1v) is 11.8. The number of para-hydroxylation sites is 1. The van der Waals surface area contributed by atoms with Gasteiger partial charge in [-0.05, 0) is 52.5 Å². The maximum absolute atomic E-state index is 12.7. The number of aromatic nitrogens is 1. The summed E-state index contributed by atoms with van der Waals surface area (Å²) in [4.78, 5) is 12.9. The van der Waals surface area contributed by atoms with Crippen LogP contribution in [-0.2, 0) is 16.6 Å². The molecular formula is C21H22BrN3O3S. The van der Waals surface area contributed by atoms with Crippen molar-refractivity contribution in [2.75, 3.05) is 13.1 Å². The summed E-state index contributed by atoms with van der Waals surface area (Å²) in [6.45, 7) is 1.48. The van der Waals surface area contributed by atoms with Crippen LogP contribution in [-0.4, -0.2) is 36.4 Å². The minimum absolute atomic E-state index is 0.239. The second-order valence-electron chi connectivity index (χ2n) is 7.13. The van der Waals surface area contributed by atoms with Gasteiger partial charge in [0.2, 0.25) is 10.0 Å². The third kappa shape index (κ3) is 4.10. The maximum atomic E-state index is 12.7. The Morgan fingerprint density at radius 1 is 1.00 bits per heavy atom. The van der Waals surface area contributed by atoms with Crippen molar-refractivity contribution in [3.8, 4) is 0 Å². The van der Waals surface area contributed by atoms with Gasteiger partial charge in [-0.25, -0.2) is 13.2 Å². The highest BCUT2D eigenvalue weighted by atomic mass is 79.9. The van der Waals surface area contributed by atoms with Crippen LogP contribution in [0.2, 0.25) is 0 Å². The van der Waals surface area contributed by atoms with E-state index in [9.17, 15) is 13.2 Å². The topological polar surface area (TPSA) is 71.4 Å². The van der Waals surface area contributed by atoms with Crippen molar-refractivity contribution in [3.05, 3.63) is 64.8 Å². The molecule has 3 aromatic rings. The largest absolute Gasteiger partial charge is 0.333 e. The molecule has 2 aromatic carbocycles. The van der Waals surface area contributed by atoms with Crippen molar-refractivity contribution >= 4 is 42.9 Å². The zero-order valence-electron chi connectivity index (χ0n) is 15.8. The van der Waals surface area contributed by atoms with E-state index in [1.807, 2.05) is 24.3 Å². The summed E-state index contributed by atoms with van der Waals surface area (Å²) in [5.74, 6) is 0. The quantitative estimate of drug-likeness (QED) is 0.609. The first-order chi connectivity index (χ1) is 14.0. The van der Waals surface area contributed by atoms with Gasteiger partial charge >= 0.3 is 6.03 Å². The maximum Gasteiger partial charge on any atom is 0.326 e. The van der Waals surface area contributed by atoms with Crippen LogP contribution in [0.4, 0.5) is 4.79 Å². The summed E-state index contributed by atoms with van der Waals surface area (Å²) in [6.07, 6.45) is 4.65. The van der Waals surface area contributed by atoms with E-state index in [-0.39, 0.29) is 6.03 Å². The van der Waals surface area contributed by atoms with Crippen LogP contribution in [0.25, 0.3) is 10.9 Å². The molecule has 0 saturated carbocycles. The van der Waals surface area contributed by atoms with Gasteiger partial charge in [0, 0.05) is 35.7 Å². The fourth-order valence-electron chi connectivity index (χ4n) is 3.60. The molecule has 1 N–H and O–H groups in total. The molecule has 0 spiro atoms. The van der Waals surface area contributed by atoms with Gasteiger partial charge in [0.1, 0.15) is 0 Å². The molecule has 0 unspecified atom stereocenters. The van der Waals surface area contributed by atoms with E-state index in [4.69, 9.17) is 0 Å². The molecule has 0 bridgehead atoms. The number of carbonyl (C=O) groups is 1. The minimum Gasteiger partial charge on any atom is -0.333 e. The average molecular weight is 476 g/mol. The highest BCUT2D eigenvalue weighted by molar-refractivity contribution is 9.10. The Hall–Kier alpha value is -2.16. The molecule has 4 rings (SSSR count). The van der Waals surface area contributed by atoms with Gasteiger partial charge in [-0.1, -0.05) is 36.8 Å². The predicted molar refractivity (Wildman–Crippen MR) is 116 cm³/mol. The van der Waals surface area contributed by atoms with Crippen LogP contribution in [0.15, 0.2) is 64.1 Å². The molecule has 1 aliphatic rings. The van der Waals surface area contributed by atoms with Gasteiger partial charge in [-0.2, -0.15) is 4.31 Å². The molecular weight excluding hydrogens is 454 g/mol. The smallest absolute Gasteiger partial charge is 0.326 e. The number of carbonyl (C=O) groups excluding carboxylic acids is 1. The highest BCUT2D eigenvalue weighted by Gasteiger charge is 2.25. The number of benzene rings is 2. The summed E-state index contributed by atoms with van der Waals surface area (Å²) >= 11 is 3.48. The molecule has 8 heteroatoms. The number of fused-ring (bicyclic) bond motifs is 1. The van der Waals surface area contributed by atoms with Crippen molar-refractivity contribution in [1.82, 2.24) is 14.2 Å². The van der Waals surface area contributed by atoms with Crippen molar-refractivity contribution in [2.45, 2.75) is 30.7 Å². The zero-order valence-corrected chi connectivity index (χ0v) is 18.2. The second-order valence-corrected chi connectivity index (χ2v) is 9.92. The zero-order chi connectivity index (χ0) is 20.4. The number of rotatable bonds is 4. The fourth-order valence-corrected chi connectivity index (χ4v) is 5.66. The van der Waals surface area contributed by atoms with Crippen molar-refractivity contribution in [2.24, 2.45) is 0 Å². The summed E-state index contributed by atoms with van der Waals surface area (Å²) in [6, 6.07) is 14.2. The Bertz CT molecular complexity index is 1130. The second kappa shape index (κ2) is 8.30. The molecule has 152 valence electrons. The molecule has 6 nitrogen and oxygen atoms in total. The van der Waals surface area contributed by atoms with Crippen LogP contribution in [0, 0.1) is 0 Å². The molecule has 0 aliphatic carbocycles. The van der Waals surface area contributed by atoms with E-state index in [1.165, 1.54) is 0 Å². The normalized spacial score (nSPS) is 15.5. The van der Waals surface area contributed by atoms with E-state index in [0.29, 0.717) is 24.5 Å². The van der Waals surface area contributed by atoms with E-state index in [0.717, 1.165) is 40.2 Å². The lowest BCUT2D eigenvalue weighted by atomic mass is 10.2. The minimum atomic E-state index is -3.44. The van der Waals surface area contributed by atoms with E-state index in [1.54, 1.807) is 39.3 Å². The van der Waals surface area contributed by atoms with Crippen LogP contribution in [0.1, 0.15) is 24.8 Å². The average Bonchev–Trinajstić information content (AvgIpc) is 3.10. The fraction of sp³-hybridized carbons (Fsp3) is 0.286. The third-order valence-electron chi connectivity index (χ3n) is 5.20. The molecule has 1 fully saturated rings. The van der Waals surface area contributed by atoms with Crippen LogP contribution >= 0.6 is 15.9 Å². The van der Waals surface area contributed by atoms with E-state index < -0.39 is 10.0 Å². The van der Waals surface area contributed by atoms with Crippen molar-refractivity contribution < 1.29 is 13.2 Å². The third-order valence-corrected chi connectivity index (χ3v) is 7.75. The lowest BCUT2D eigenvalue weighted by Gasteiger charge is -2.25. The molecule has 2 heterocycles. The summed E-state index contributed by atoms with van der Waals surface area (Å²) in [5, 5.41) is 3.85. The van der Waals surface area contributed by atoms with Crippen LogP contribution in [0.5, 0.6) is 0 Å². The number of sulfonamides is 1. The Kier molecular flexibility index (Phi) is 5.76. The molecule has 1 amide bonds. The number of halogens is 1. The van der Waals surface area contributed by atoms with Crippen LogP contribution < -0.4 is 5.32 Å². The Labute approximate surface area is 178 Å². The van der Waals surface area contributed by atoms with Gasteiger partial charge in [-0.3, -0.25) is 4.57 Å². The van der Waals surface area contributed by atoms with Gasteiger partial charge in [0.05, 0.1) is 10.4 Å². The van der Waals surface area contributed by atoms with Gasteiger partial charge in [-0.15, -0.1) is 0 Å². The Balaban J connectivity index is 1.44. The van der Waals surface area contributed by atoms with Crippen molar-refractivity contribution in [1.29, 1.82) is 0 Å². The summed E-state index contributed by atoms with van der Waals surface area (Å²) in [7, 11) is -3.44. The molecule has 0 atom stereocenters. The Morgan fingerprint density at radius 2 is 1.69 bits per heavy atom. The summed E-state index contributed by atoms with van der Waals surface area (Å²) < 4.78 is 29.4. The van der Waals surface area contributed by atoms with Crippen LogP contribution in [0.3, 0.4) is 0 Å². The van der Waals surface area contributed by atoms with Gasteiger partial charge in [0.25, 0.3) is 0 Å². The number of piperidine rings is 1. The number of nitrogens with zero attached hydrogens (tertiary/aromatic N) is 2. The van der Waals surface area contributed by atoms with E-state index in [2.05, 4.69) is 21.2 Å².